The average Bonchev–Trinajstić information content (AvgIpc) is 2.71. The summed E-state index contributed by atoms with van der Waals surface area (Å²) >= 11 is 5.04. The molecule has 3 rings (SSSR count). The number of aliphatic hydroxyl groups is 1. The molecule has 17 heavy (non-hydrogen) atoms. The molecule has 3 N–H and O–H groups in total. The summed E-state index contributed by atoms with van der Waals surface area (Å²) in [6, 6.07) is 0. The lowest BCUT2D eigenvalue weighted by Crippen LogP contribution is -2.32. The van der Waals surface area contributed by atoms with E-state index in [4.69, 9.17) is 18.0 Å². The Morgan fingerprint density at radius 2 is 2.12 bits per heavy atom. The van der Waals surface area contributed by atoms with Crippen molar-refractivity contribution in [2.45, 2.75) is 38.2 Å². The predicted molar refractivity (Wildman–Crippen MR) is 71.7 cm³/mol. The second-order valence-corrected chi connectivity index (χ2v) is 6.93. The molecule has 3 unspecified atom stereocenters. The van der Waals surface area contributed by atoms with Gasteiger partial charge in [0.05, 0.1) is 11.1 Å². The second-order valence-electron chi connectivity index (χ2n) is 6.41. The fourth-order valence-electron chi connectivity index (χ4n) is 3.87. The van der Waals surface area contributed by atoms with Crippen molar-refractivity contribution < 1.29 is 5.11 Å². The molecule has 0 aromatic rings. The molecule has 1 heterocycles. The first-order chi connectivity index (χ1) is 8.08. The molecule has 4 heteroatoms. The van der Waals surface area contributed by atoms with Gasteiger partial charge < -0.3 is 15.7 Å². The summed E-state index contributed by atoms with van der Waals surface area (Å²) in [6.07, 6.45) is 5.65. The lowest BCUT2D eigenvalue weighted by Gasteiger charge is -2.24. The summed E-state index contributed by atoms with van der Waals surface area (Å²) in [5.74, 6) is 1.28. The number of aliphatic hydroxyl groups excluding tert-OH is 1. The first kappa shape index (κ1) is 11.9. The summed E-state index contributed by atoms with van der Waals surface area (Å²) in [4.78, 5) is 3.21. The molecule has 0 radical (unpaired) electrons. The quantitative estimate of drug-likeness (QED) is 0.739. The van der Waals surface area contributed by atoms with Crippen LogP contribution in [-0.4, -0.2) is 40.7 Å². The van der Waals surface area contributed by atoms with E-state index in [0.717, 1.165) is 31.8 Å². The number of nitrogens with two attached hydrogens (primary N) is 1. The highest BCUT2D eigenvalue weighted by Gasteiger charge is 2.48. The molecule has 1 aliphatic heterocycles. The molecule has 2 saturated carbocycles. The lowest BCUT2D eigenvalue weighted by molar-refractivity contribution is 0.121. The van der Waals surface area contributed by atoms with E-state index in [9.17, 15) is 5.11 Å². The molecule has 0 aromatic carbocycles. The van der Waals surface area contributed by atoms with Crippen molar-refractivity contribution in [2.24, 2.45) is 23.0 Å². The van der Waals surface area contributed by atoms with Crippen LogP contribution in [0, 0.1) is 17.3 Å². The lowest BCUT2D eigenvalue weighted by atomic mass is 10.00. The Morgan fingerprint density at radius 1 is 1.35 bits per heavy atom. The standard InChI is InChI=1S/C13H22N2OS/c14-12(17)5-13(3-4-13)8-15-6-9-1-2-11(16)10(9)7-15/h9-11,16H,1-8H2,(H2,14,17). The number of hydrogen-bond acceptors (Lipinski definition) is 3. The number of hydrogen-bond donors (Lipinski definition) is 2. The number of thiocarbonyl (C=S) groups is 1. The zero-order valence-electron chi connectivity index (χ0n) is 10.3. The van der Waals surface area contributed by atoms with Gasteiger partial charge in [-0.3, -0.25) is 0 Å². The number of likely N-dealkylation sites (tertiary alicyclic amines) is 1. The molecule has 0 spiro atoms. The molecule has 3 nitrogen and oxygen atoms in total. The van der Waals surface area contributed by atoms with E-state index < -0.39 is 0 Å². The van der Waals surface area contributed by atoms with E-state index in [-0.39, 0.29) is 6.10 Å². The maximum absolute atomic E-state index is 9.91. The van der Waals surface area contributed by atoms with E-state index in [1.54, 1.807) is 0 Å². The molecular formula is C13H22N2OS. The molecule has 3 atom stereocenters. The highest BCUT2D eigenvalue weighted by molar-refractivity contribution is 7.80. The van der Waals surface area contributed by atoms with Gasteiger partial charge in [-0.05, 0) is 37.0 Å². The third-order valence-electron chi connectivity index (χ3n) is 4.96. The van der Waals surface area contributed by atoms with Crippen molar-refractivity contribution in [3.63, 3.8) is 0 Å². The van der Waals surface area contributed by atoms with Gasteiger partial charge in [0.15, 0.2) is 0 Å². The van der Waals surface area contributed by atoms with Gasteiger partial charge in [0.2, 0.25) is 0 Å². The van der Waals surface area contributed by atoms with Crippen LogP contribution in [0.4, 0.5) is 0 Å². The zero-order chi connectivity index (χ0) is 12.0. The Balaban J connectivity index is 1.56. The van der Waals surface area contributed by atoms with Gasteiger partial charge in [-0.1, -0.05) is 12.2 Å². The maximum atomic E-state index is 9.91. The Labute approximate surface area is 108 Å². The van der Waals surface area contributed by atoms with Crippen LogP contribution in [0.15, 0.2) is 0 Å². The van der Waals surface area contributed by atoms with Gasteiger partial charge in [0.25, 0.3) is 0 Å². The summed E-state index contributed by atoms with van der Waals surface area (Å²) < 4.78 is 0. The smallest absolute Gasteiger partial charge is 0.0733 e. The number of rotatable bonds is 4. The van der Waals surface area contributed by atoms with Crippen molar-refractivity contribution in [3.8, 4) is 0 Å². The van der Waals surface area contributed by atoms with Gasteiger partial charge in [-0.15, -0.1) is 0 Å². The van der Waals surface area contributed by atoms with Crippen LogP contribution in [0.25, 0.3) is 0 Å². The third kappa shape index (κ3) is 2.35. The van der Waals surface area contributed by atoms with E-state index in [1.165, 1.54) is 25.8 Å². The molecule has 2 aliphatic carbocycles. The highest BCUT2D eigenvalue weighted by Crippen LogP contribution is 2.50. The minimum absolute atomic E-state index is 0.0456. The first-order valence-electron chi connectivity index (χ1n) is 6.77. The molecule has 0 amide bonds. The molecule has 1 saturated heterocycles. The average molecular weight is 254 g/mol. The SMILES string of the molecule is NC(=S)CC1(CN2CC3CCC(O)C3C2)CC1. The van der Waals surface area contributed by atoms with Gasteiger partial charge in [0.1, 0.15) is 0 Å². The van der Waals surface area contributed by atoms with Crippen molar-refractivity contribution in [3.05, 3.63) is 0 Å². The van der Waals surface area contributed by atoms with Crippen LogP contribution < -0.4 is 5.73 Å². The third-order valence-corrected chi connectivity index (χ3v) is 5.10. The van der Waals surface area contributed by atoms with E-state index in [2.05, 4.69) is 4.90 Å². The van der Waals surface area contributed by atoms with Crippen molar-refractivity contribution >= 4 is 17.2 Å². The maximum Gasteiger partial charge on any atom is 0.0733 e. The van der Waals surface area contributed by atoms with E-state index >= 15 is 0 Å². The molecule has 3 fully saturated rings. The van der Waals surface area contributed by atoms with Crippen LogP contribution in [0.1, 0.15) is 32.1 Å². The Hall–Kier alpha value is -0.190. The molecule has 3 aliphatic rings. The van der Waals surface area contributed by atoms with Crippen LogP contribution in [0.5, 0.6) is 0 Å². The normalized spacial score (nSPS) is 39.2. The van der Waals surface area contributed by atoms with E-state index in [0.29, 0.717) is 16.3 Å². The van der Waals surface area contributed by atoms with Crippen LogP contribution in [0.3, 0.4) is 0 Å². The van der Waals surface area contributed by atoms with Crippen molar-refractivity contribution in [2.75, 3.05) is 19.6 Å². The highest BCUT2D eigenvalue weighted by atomic mass is 32.1. The largest absolute Gasteiger partial charge is 0.393 e. The summed E-state index contributed by atoms with van der Waals surface area (Å²) in [6.45, 7) is 3.41. The van der Waals surface area contributed by atoms with E-state index in [1.807, 2.05) is 0 Å². The minimum atomic E-state index is -0.0456. The fourth-order valence-corrected chi connectivity index (χ4v) is 4.18. The zero-order valence-corrected chi connectivity index (χ0v) is 11.1. The van der Waals surface area contributed by atoms with Crippen LogP contribution >= 0.6 is 12.2 Å². The van der Waals surface area contributed by atoms with Gasteiger partial charge in [-0.2, -0.15) is 0 Å². The topological polar surface area (TPSA) is 49.5 Å². The Kier molecular flexibility index (Phi) is 2.92. The monoisotopic (exact) mass is 254 g/mol. The summed E-state index contributed by atoms with van der Waals surface area (Å²) in [5.41, 5.74) is 6.08. The van der Waals surface area contributed by atoms with Crippen LogP contribution in [-0.2, 0) is 0 Å². The molecule has 96 valence electrons. The van der Waals surface area contributed by atoms with Crippen molar-refractivity contribution in [1.29, 1.82) is 0 Å². The Bertz CT molecular complexity index is 329. The number of fused-ring (bicyclic) bond motifs is 1. The summed E-state index contributed by atoms with van der Waals surface area (Å²) in [7, 11) is 0. The number of nitrogens with zero attached hydrogens (tertiary/aromatic N) is 1. The minimum Gasteiger partial charge on any atom is -0.393 e. The van der Waals surface area contributed by atoms with Crippen molar-refractivity contribution in [1.82, 2.24) is 4.90 Å². The molecule has 0 aromatic heterocycles. The van der Waals surface area contributed by atoms with Gasteiger partial charge in [-0.25, -0.2) is 0 Å². The molecule has 0 bridgehead atoms. The van der Waals surface area contributed by atoms with Crippen LogP contribution in [0.2, 0.25) is 0 Å². The fraction of sp³-hybridized carbons (Fsp3) is 0.923. The predicted octanol–water partition coefficient (Wildman–Crippen LogP) is 1.15. The molecular weight excluding hydrogens is 232 g/mol. The first-order valence-corrected chi connectivity index (χ1v) is 7.18. The second kappa shape index (κ2) is 4.18. The van der Waals surface area contributed by atoms with Gasteiger partial charge >= 0.3 is 0 Å². The summed E-state index contributed by atoms with van der Waals surface area (Å²) in [5, 5.41) is 9.91. The Morgan fingerprint density at radius 3 is 2.71 bits per heavy atom. The van der Waals surface area contributed by atoms with Gasteiger partial charge in [0, 0.05) is 32.0 Å².